The SMILES string of the molecule is I.O=C(CN1CC(O)CC1c1cccc(F)c1)NCc1cccnc1. The lowest BCUT2D eigenvalue weighted by Gasteiger charge is -2.23. The zero-order chi connectivity index (χ0) is 16.9. The average Bonchev–Trinajstić information content (AvgIpc) is 2.94. The van der Waals surface area contributed by atoms with Crippen LogP contribution in [0.1, 0.15) is 23.6 Å². The van der Waals surface area contributed by atoms with Crippen molar-refractivity contribution in [3.05, 3.63) is 65.7 Å². The molecule has 2 atom stereocenters. The zero-order valence-electron chi connectivity index (χ0n) is 13.6. The Bertz CT molecular complexity index is 702. The van der Waals surface area contributed by atoms with Crippen LogP contribution in [-0.4, -0.2) is 40.1 Å². The summed E-state index contributed by atoms with van der Waals surface area (Å²) in [6, 6.07) is 9.88. The molecule has 2 N–H and O–H groups in total. The molecule has 0 aliphatic carbocycles. The average molecular weight is 457 g/mol. The molecule has 3 rings (SSSR count). The first-order valence-corrected chi connectivity index (χ1v) is 7.95. The molecule has 1 aliphatic heterocycles. The Kier molecular flexibility index (Phi) is 7.27. The minimum atomic E-state index is -0.510. The second-order valence-corrected chi connectivity index (χ2v) is 6.03. The molecule has 1 saturated heterocycles. The van der Waals surface area contributed by atoms with Gasteiger partial charge in [-0.05, 0) is 35.7 Å². The molecule has 1 aromatic carbocycles. The second-order valence-electron chi connectivity index (χ2n) is 6.03. The van der Waals surface area contributed by atoms with E-state index in [1.807, 2.05) is 23.1 Å². The highest BCUT2D eigenvalue weighted by Gasteiger charge is 2.33. The molecule has 2 aromatic rings. The van der Waals surface area contributed by atoms with Crippen LogP contribution >= 0.6 is 24.0 Å². The number of hydrogen-bond acceptors (Lipinski definition) is 4. The molecule has 0 radical (unpaired) electrons. The third kappa shape index (κ3) is 5.45. The van der Waals surface area contributed by atoms with Crippen molar-refractivity contribution in [1.82, 2.24) is 15.2 Å². The minimum absolute atomic E-state index is 0. The highest BCUT2D eigenvalue weighted by atomic mass is 127. The van der Waals surface area contributed by atoms with Crippen LogP contribution in [0.4, 0.5) is 4.39 Å². The van der Waals surface area contributed by atoms with E-state index in [1.54, 1.807) is 18.5 Å². The van der Waals surface area contributed by atoms with Crippen molar-refractivity contribution < 1.29 is 14.3 Å². The van der Waals surface area contributed by atoms with Crippen molar-refractivity contribution in [3.63, 3.8) is 0 Å². The Labute approximate surface area is 163 Å². The number of nitrogens with one attached hydrogen (secondary N) is 1. The summed E-state index contributed by atoms with van der Waals surface area (Å²) in [6.45, 7) is 0.980. The molecule has 0 bridgehead atoms. The van der Waals surface area contributed by atoms with Gasteiger partial charge in [0.05, 0.1) is 12.6 Å². The fourth-order valence-corrected chi connectivity index (χ4v) is 3.06. The molecule has 7 heteroatoms. The lowest BCUT2D eigenvalue weighted by atomic mass is 10.0. The predicted octanol–water partition coefficient (Wildman–Crippen LogP) is 2.26. The van der Waals surface area contributed by atoms with E-state index in [2.05, 4.69) is 10.3 Å². The van der Waals surface area contributed by atoms with Gasteiger partial charge in [-0.15, -0.1) is 24.0 Å². The molecule has 25 heavy (non-hydrogen) atoms. The van der Waals surface area contributed by atoms with E-state index < -0.39 is 6.10 Å². The normalized spacial score (nSPS) is 20.1. The number of benzene rings is 1. The first-order chi connectivity index (χ1) is 11.6. The maximum Gasteiger partial charge on any atom is 0.234 e. The van der Waals surface area contributed by atoms with Crippen LogP contribution in [0.25, 0.3) is 0 Å². The molecular weight excluding hydrogens is 436 g/mol. The number of amides is 1. The molecule has 0 spiro atoms. The van der Waals surface area contributed by atoms with Crippen LogP contribution in [-0.2, 0) is 11.3 Å². The summed E-state index contributed by atoms with van der Waals surface area (Å²) < 4.78 is 13.4. The van der Waals surface area contributed by atoms with E-state index >= 15 is 0 Å². The molecule has 1 fully saturated rings. The van der Waals surface area contributed by atoms with Crippen LogP contribution in [0.2, 0.25) is 0 Å². The monoisotopic (exact) mass is 457 g/mol. The largest absolute Gasteiger partial charge is 0.392 e. The van der Waals surface area contributed by atoms with Gasteiger partial charge in [0.25, 0.3) is 0 Å². The predicted molar refractivity (Wildman–Crippen MR) is 103 cm³/mol. The van der Waals surface area contributed by atoms with Crippen molar-refractivity contribution in [2.24, 2.45) is 0 Å². The van der Waals surface area contributed by atoms with E-state index in [9.17, 15) is 14.3 Å². The molecule has 0 saturated carbocycles. The van der Waals surface area contributed by atoms with Crippen molar-refractivity contribution >= 4 is 29.9 Å². The Balaban J connectivity index is 0.00000225. The molecule has 2 heterocycles. The Morgan fingerprint density at radius 2 is 2.20 bits per heavy atom. The lowest BCUT2D eigenvalue weighted by Crippen LogP contribution is -2.37. The number of carbonyl (C=O) groups excluding carboxylic acids is 1. The second kappa shape index (κ2) is 9.21. The van der Waals surface area contributed by atoms with Crippen LogP contribution in [0.3, 0.4) is 0 Å². The fourth-order valence-electron chi connectivity index (χ4n) is 3.06. The van der Waals surface area contributed by atoms with Crippen LogP contribution in [0.5, 0.6) is 0 Å². The van der Waals surface area contributed by atoms with E-state index in [1.165, 1.54) is 12.1 Å². The summed E-state index contributed by atoms with van der Waals surface area (Å²) in [5.74, 6) is -0.441. The quantitative estimate of drug-likeness (QED) is 0.677. The van der Waals surface area contributed by atoms with E-state index in [-0.39, 0.29) is 48.3 Å². The van der Waals surface area contributed by atoms with Crippen molar-refractivity contribution in [2.45, 2.75) is 25.1 Å². The first kappa shape index (κ1) is 19.7. The fraction of sp³-hybridized carbons (Fsp3) is 0.333. The summed E-state index contributed by atoms with van der Waals surface area (Å²) in [7, 11) is 0. The van der Waals surface area contributed by atoms with Crippen LogP contribution in [0.15, 0.2) is 48.8 Å². The van der Waals surface area contributed by atoms with Crippen molar-refractivity contribution in [3.8, 4) is 0 Å². The third-order valence-corrected chi connectivity index (χ3v) is 4.17. The van der Waals surface area contributed by atoms with Crippen LogP contribution in [0, 0.1) is 5.82 Å². The Morgan fingerprint density at radius 3 is 2.92 bits per heavy atom. The zero-order valence-corrected chi connectivity index (χ0v) is 16.0. The van der Waals surface area contributed by atoms with Gasteiger partial charge in [-0.2, -0.15) is 0 Å². The molecule has 1 aliphatic rings. The van der Waals surface area contributed by atoms with E-state index in [0.717, 1.165) is 11.1 Å². The van der Waals surface area contributed by atoms with Gasteiger partial charge >= 0.3 is 0 Å². The summed E-state index contributed by atoms with van der Waals surface area (Å²) in [5, 5.41) is 12.8. The molecule has 1 amide bonds. The van der Waals surface area contributed by atoms with Gasteiger partial charge < -0.3 is 10.4 Å². The number of rotatable bonds is 5. The number of halogens is 2. The minimum Gasteiger partial charge on any atom is -0.392 e. The lowest BCUT2D eigenvalue weighted by molar-refractivity contribution is -0.122. The van der Waals surface area contributed by atoms with Gasteiger partial charge in [-0.1, -0.05) is 18.2 Å². The maximum absolute atomic E-state index is 13.4. The van der Waals surface area contributed by atoms with Gasteiger partial charge in [-0.25, -0.2) is 4.39 Å². The highest BCUT2D eigenvalue weighted by Crippen LogP contribution is 2.32. The summed E-state index contributed by atoms with van der Waals surface area (Å²) >= 11 is 0. The summed E-state index contributed by atoms with van der Waals surface area (Å²) in [5.41, 5.74) is 1.71. The molecule has 2 unspecified atom stereocenters. The number of aliphatic hydroxyl groups excluding tert-OH is 1. The molecule has 1 aromatic heterocycles. The molecular formula is C18H21FIN3O2. The Morgan fingerprint density at radius 1 is 1.36 bits per heavy atom. The smallest absolute Gasteiger partial charge is 0.234 e. The number of aromatic nitrogens is 1. The summed E-state index contributed by atoms with van der Waals surface area (Å²) in [6.07, 6.45) is 3.37. The van der Waals surface area contributed by atoms with Crippen molar-refractivity contribution in [1.29, 1.82) is 0 Å². The topological polar surface area (TPSA) is 65.5 Å². The number of aliphatic hydroxyl groups is 1. The number of carbonyl (C=O) groups is 1. The first-order valence-electron chi connectivity index (χ1n) is 7.95. The number of likely N-dealkylation sites (tertiary alicyclic amines) is 1. The Hall–Kier alpha value is -1.58. The van der Waals surface area contributed by atoms with Gasteiger partial charge in [0.2, 0.25) is 5.91 Å². The number of β-amino-alcohol motifs (C(OH)–C–C–N with tert-alkyl or cyclic N) is 1. The maximum atomic E-state index is 13.4. The number of pyridine rings is 1. The number of hydrogen-bond donors (Lipinski definition) is 2. The highest BCUT2D eigenvalue weighted by molar-refractivity contribution is 14.0. The van der Waals surface area contributed by atoms with E-state index in [4.69, 9.17) is 0 Å². The molecule has 134 valence electrons. The van der Waals surface area contributed by atoms with Gasteiger partial charge in [0.1, 0.15) is 5.82 Å². The van der Waals surface area contributed by atoms with Gasteiger partial charge in [-0.3, -0.25) is 14.7 Å². The summed E-state index contributed by atoms with van der Waals surface area (Å²) in [4.78, 5) is 18.1. The number of nitrogens with zero attached hydrogens (tertiary/aromatic N) is 2. The third-order valence-electron chi connectivity index (χ3n) is 4.17. The van der Waals surface area contributed by atoms with E-state index in [0.29, 0.717) is 19.5 Å². The van der Waals surface area contributed by atoms with Crippen LogP contribution < -0.4 is 5.32 Å². The van der Waals surface area contributed by atoms with Crippen molar-refractivity contribution in [2.75, 3.05) is 13.1 Å². The standard InChI is InChI=1S/C18H20FN3O2.HI/c19-15-5-1-4-14(7-15)17-8-16(23)11-22(17)12-18(24)21-10-13-3-2-6-20-9-13;/h1-7,9,16-17,23H,8,10-12H2,(H,21,24);1H. The van der Waals surface area contributed by atoms with Gasteiger partial charge in [0.15, 0.2) is 0 Å². The molecule has 5 nitrogen and oxygen atoms in total. The van der Waals surface area contributed by atoms with Gasteiger partial charge in [0, 0.05) is 31.5 Å².